The van der Waals surface area contributed by atoms with Crippen molar-refractivity contribution in [2.75, 3.05) is 26.2 Å². The van der Waals surface area contributed by atoms with E-state index in [4.69, 9.17) is 0 Å². The molecule has 3 nitrogen and oxygen atoms in total. The van der Waals surface area contributed by atoms with Crippen molar-refractivity contribution in [2.45, 2.75) is 79.7 Å². The fourth-order valence-electron chi connectivity index (χ4n) is 2.65. The Balaban J connectivity index is 0.00000191. The highest BCUT2D eigenvalue weighted by atomic mass is 16.2. The SMILES string of the molecule is CC.CC(C)CCCCCC(=O)N1CCN(C(C)C)CC1. The second-order valence-corrected chi connectivity index (χ2v) is 6.50. The highest BCUT2D eigenvalue weighted by Gasteiger charge is 2.21. The molecule has 0 saturated carbocycles. The lowest BCUT2D eigenvalue weighted by atomic mass is 10.0. The lowest BCUT2D eigenvalue weighted by molar-refractivity contribution is -0.133. The highest BCUT2D eigenvalue weighted by Crippen LogP contribution is 2.12. The minimum Gasteiger partial charge on any atom is -0.340 e. The van der Waals surface area contributed by atoms with E-state index in [1.807, 2.05) is 13.8 Å². The second kappa shape index (κ2) is 12.0. The summed E-state index contributed by atoms with van der Waals surface area (Å²) in [6, 6.07) is 0.605. The van der Waals surface area contributed by atoms with Gasteiger partial charge in [-0.15, -0.1) is 0 Å². The third-order valence-electron chi connectivity index (χ3n) is 4.07. The van der Waals surface area contributed by atoms with Crippen LogP contribution in [-0.2, 0) is 4.79 Å². The number of unbranched alkanes of at least 4 members (excludes halogenated alkanes) is 2. The molecule has 0 unspecified atom stereocenters. The molecule has 3 heteroatoms. The molecule has 0 atom stereocenters. The molecule has 0 radical (unpaired) electrons. The van der Waals surface area contributed by atoms with Gasteiger partial charge < -0.3 is 4.90 Å². The number of amides is 1. The van der Waals surface area contributed by atoms with Gasteiger partial charge in [0.25, 0.3) is 0 Å². The highest BCUT2D eigenvalue weighted by molar-refractivity contribution is 5.76. The first-order valence-electron chi connectivity index (χ1n) is 9.02. The molecule has 0 aromatic heterocycles. The van der Waals surface area contributed by atoms with Gasteiger partial charge >= 0.3 is 0 Å². The molecule has 1 saturated heterocycles. The zero-order valence-electron chi connectivity index (χ0n) is 15.3. The number of hydrogen-bond acceptors (Lipinski definition) is 2. The summed E-state index contributed by atoms with van der Waals surface area (Å²) in [6.45, 7) is 16.9. The van der Waals surface area contributed by atoms with Crippen molar-refractivity contribution >= 4 is 5.91 Å². The molecule has 0 aromatic rings. The van der Waals surface area contributed by atoms with Gasteiger partial charge in [0.2, 0.25) is 5.91 Å². The first kappa shape index (κ1) is 20.4. The summed E-state index contributed by atoms with van der Waals surface area (Å²) in [5, 5.41) is 0. The van der Waals surface area contributed by atoms with Crippen molar-refractivity contribution in [2.24, 2.45) is 5.92 Å². The average molecular weight is 299 g/mol. The van der Waals surface area contributed by atoms with Gasteiger partial charge in [-0.3, -0.25) is 9.69 Å². The molecule has 1 aliphatic heterocycles. The number of rotatable bonds is 7. The molecule has 1 amide bonds. The van der Waals surface area contributed by atoms with Gasteiger partial charge in [0.15, 0.2) is 0 Å². The van der Waals surface area contributed by atoms with Crippen molar-refractivity contribution in [1.82, 2.24) is 9.80 Å². The van der Waals surface area contributed by atoms with Crippen molar-refractivity contribution in [3.05, 3.63) is 0 Å². The fraction of sp³-hybridized carbons (Fsp3) is 0.944. The van der Waals surface area contributed by atoms with Gasteiger partial charge in [-0.25, -0.2) is 0 Å². The molecule has 21 heavy (non-hydrogen) atoms. The third-order valence-corrected chi connectivity index (χ3v) is 4.07. The Morgan fingerprint density at radius 3 is 1.95 bits per heavy atom. The summed E-state index contributed by atoms with van der Waals surface area (Å²) in [4.78, 5) is 16.6. The number of piperazine rings is 1. The van der Waals surface area contributed by atoms with Gasteiger partial charge in [-0.2, -0.15) is 0 Å². The number of carbonyl (C=O) groups excluding carboxylic acids is 1. The maximum Gasteiger partial charge on any atom is 0.222 e. The topological polar surface area (TPSA) is 23.6 Å². The van der Waals surface area contributed by atoms with E-state index in [0.29, 0.717) is 11.9 Å². The monoisotopic (exact) mass is 298 g/mol. The average Bonchev–Trinajstić information content (AvgIpc) is 2.48. The fourth-order valence-corrected chi connectivity index (χ4v) is 2.65. The minimum absolute atomic E-state index is 0.368. The van der Waals surface area contributed by atoms with Crippen LogP contribution < -0.4 is 0 Å². The van der Waals surface area contributed by atoms with Crippen LogP contribution in [0.3, 0.4) is 0 Å². The normalized spacial score (nSPS) is 16.1. The molecule has 0 bridgehead atoms. The summed E-state index contributed by atoms with van der Waals surface area (Å²) < 4.78 is 0. The molecule has 0 aliphatic carbocycles. The molecule has 0 aromatic carbocycles. The molecule has 1 fully saturated rings. The van der Waals surface area contributed by atoms with Crippen LogP contribution in [-0.4, -0.2) is 47.9 Å². The van der Waals surface area contributed by atoms with Crippen LogP contribution >= 0.6 is 0 Å². The molecule has 1 heterocycles. The first-order valence-corrected chi connectivity index (χ1v) is 9.02. The third kappa shape index (κ3) is 9.13. The second-order valence-electron chi connectivity index (χ2n) is 6.50. The van der Waals surface area contributed by atoms with Crippen LogP contribution in [0, 0.1) is 5.92 Å². The maximum atomic E-state index is 12.1. The summed E-state index contributed by atoms with van der Waals surface area (Å²) in [5.41, 5.74) is 0. The Hall–Kier alpha value is -0.570. The summed E-state index contributed by atoms with van der Waals surface area (Å²) in [5.74, 6) is 1.16. The van der Waals surface area contributed by atoms with E-state index < -0.39 is 0 Å². The summed E-state index contributed by atoms with van der Waals surface area (Å²) in [7, 11) is 0. The number of nitrogens with zero attached hydrogens (tertiary/aromatic N) is 2. The van der Waals surface area contributed by atoms with Gasteiger partial charge in [0, 0.05) is 38.6 Å². The summed E-state index contributed by atoms with van der Waals surface area (Å²) >= 11 is 0. The molecular formula is C18H38N2O. The predicted octanol–water partition coefficient (Wildman–Crippen LogP) is 4.17. The Morgan fingerprint density at radius 2 is 1.48 bits per heavy atom. The van der Waals surface area contributed by atoms with E-state index in [0.717, 1.165) is 44.9 Å². The largest absolute Gasteiger partial charge is 0.340 e. The van der Waals surface area contributed by atoms with Crippen molar-refractivity contribution in [3.8, 4) is 0 Å². The number of hydrogen-bond donors (Lipinski definition) is 0. The Labute approximate surface area is 133 Å². The van der Waals surface area contributed by atoms with Gasteiger partial charge in [0.05, 0.1) is 0 Å². The molecular weight excluding hydrogens is 260 g/mol. The van der Waals surface area contributed by atoms with Crippen LogP contribution in [0.5, 0.6) is 0 Å². The molecule has 0 spiro atoms. The predicted molar refractivity (Wildman–Crippen MR) is 92.6 cm³/mol. The number of carbonyl (C=O) groups is 1. The quantitative estimate of drug-likeness (QED) is 0.659. The van der Waals surface area contributed by atoms with E-state index in [1.54, 1.807) is 0 Å². The van der Waals surface area contributed by atoms with E-state index >= 15 is 0 Å². The van der Waals surface area contributed by atoms with Gasteiger partial charge in [-0.05, 0) is 26.2 Å². The molecule has 0 N–H and O–H groups in total. The smallest absolute Gasteiger partial charge is 0.222 e. The zero-order chi connectivity index (χ0) is 16.3. The van der Waals surface area contributed by atoms with Crippen LogP contribution in [0.2, 0.25) is 0 Å². The lowest BCUT2D eigenvalue weighted by Crippen LogP contribution is -2.50. The standard InChI is InChI=1S/C16H32N2O.C2H6/c1-14(2)8-6-5-7-9-16(19)18-12-10-17(11-13-18)15(3)4;1-2/h14-15H,5-13H2,1-4H3;1-2H3. The Morgan fingerprint density at radius 1 is 0.905 bits per heavy atom. The minimum atomic E-state index is 0.368. The van der Waals surface area contributed by atoms with Gasteiger partial charge in [0.1, 0.15) is 0 Å². The Bertz CT molecular complexity index is 256. The zero-order valence-corrected chi connectivity index (χ0v) is 15.3. The maximum absolute atomic E-state index is 12.1. The lowest BCUT2D eigenvalue weighted by Gasteiger charge is -2.37. The van der Waals surface area contributed by atoms with Crippen LogP contribution in [0.25, 0.3) is 0 Å². The van der Waals surface area contributed by atoms with Crippen molar-refractivity contribution in [3.63, 3.8) is 0 Å². The van der Waals surface area contributed by atoms with Crippen LogP contribution in [0.1, 0.15) is 73.6 Å². The summed E-state index contributed by atoms with van der Waals surface area (Å²) in [6.07, 6.45) is 5.58. The van der Waals surface area contributed by atoms with E-state index in [2.05, 4.69) is 37.5 Å². The van der Waals surface area contributed by atoms with Crippen LogP contribution in [0.15, 0.2) is 0 Å². The van der Waals surface area contributed by atoms with E-state index in [1.165, 1.54) is 19.3 Å². The first-order chi connectivity index (χ1) is 10.0. The van der Waals surface area contributed by atoms with E-state index in [9.17, 15) is 4.79 Å². The molecule has 126 valence electrons. The Kier molecular flexibility index (Phi) is 11.7. The van der Waals surface area contributed by atoms with Crippen molar-refractivity contribution < 1.29 is 4.79 Å². The van der Waals surface area contributed by atoms with Crippen molar-refractivity contribution in [1.29, 1.82) is 0 Å². The van der Waals surface area contributed by atoms with Gasteiger partial charge in [-0.1, -0.05) is 47.0 Å². The van der Waals surface area contributed by atoms with Crippen LogP contribution in [0.4, 0.5) is 0 Å². The molecule has 1 aliphatic rings. The van der Waals surface area contributed by atoms with E-state index in [-0.39, 0.29) is 0 Å². The molecule has 1 rings (SSSR count).